The lowest BCUT2D eigenvalue weighted by Crippen LogP contribution is -2.36. The van der Waals surface area contributed by atoms with Crippen LogP contribution in [0.1, 0.15) is 47.0 Å². The molecule has 0 radical (unpaired) electrons. The van der Waals surface area contributed by atoms with Gasteiger partial charge in [-0.25, -0.2) is 0 Å². The maximum atomic E-state index is 11.7. The summed E-state index contributed by atoms with van der Waals surface area (Å²) in [5, 5.41) is 0. The minimum absolute atomic E-state index is 0.185. The number of carbonyl (C=O) groups excluding carboxylic acids is 1. The van der Waals surface area contributed by atoms with Crippen molar-refractivity contribution < 1.29 is 4.79 Å². The zero-order chi connectivity index (χ0) is 10.6. The number of rotatable bonds is 1. The molecule has 0 aromatic rings. The van der Waals surface area contributed by atoms with Crippen molar-refractivity contribution in [1.29, 1.82) is 0 Å². The highest BCUT2D eigenvalue weighted by Crippen LogP contribution is 2.64. The smallest absolute Gasteiger partial charge is 0.134 e. The van der Waals surface area contributed by atoms with Gasteiger partial charge < -0.3 is 0 Å². The third-order valence-electron chi connectivity index (χ3n) is 4.69. The highest BCUT2D eigenvalue weighted by molar-refractivity contribution is 5.84. The Hall–Kier alpha value is -0.590. The fourth-order valence-corrected chi connectivity index (χ4v) is 3.97. The first kappa shape index (κ1) is 9.95. The molecule has 2 rings (SSSR count). The molecule has 0 heterocycles. The second kappa shape index (κ2) is 2.71. The summed E-state index contributed by atoms with van der Waals surface area (Å²) in [6.07, 6.45) is 5.03. The van der Waals surface area contributed by atoms with Crippen molar-refractivity contribution in [3.05, 3.63) is 11.6 Å². The van der Waals surface area contributed by atoms with Gasteiger partial charge in [0.1, 0.15) is 5.78 Å². The topological polar surface area (TPSA) is 17.1 Å². The number of carbonyl (C=O) groups is 1. The van der Waals surface area contributed by atoms with Crippen LogP contribution in [0.15, 0.2) is 11.6 Å². The van der Waals surface area contributed by atoms with E-state index >= 15 is 0 Å². The van der Waals surface area contributed by atoms with Gasteiger partial charge in [0.05, 0.1) is 0 Å². The van der Waals surface area contributed by atoms with Crippen molar-refractivity contribution in [3.63, 3.8) is 0 Å². The highest BCUT2D eigenvalue weighted by Gasteiger charge is 2.59. The van der Waals surface area contributed by atoms with Crippen LogP contribution in [0.5, 0.6) is 0 Å². The zero-order valence-corrected chi connectivity index (χ0v) is 9.68. The van der Waals surface area contributed by atoms with Crippen LogP contribution in [0.25, 0.3) is 0 Å². The molecule has 1 nitrogen and oxygen atoms in total. The minimum Gasteiger partial charge on any atom is -0.300 e. The number of ketones is 1. The van der Waals surface area contributed by atoms with Crippen LogP contribution in [0.2, 0.25) is 0 Å². The SMILES string of the molecule is CC1=CC[C@]2(C)CC(=O)C[C@]12C(C)C. The molecule has 0 aromatic heterocycles. The molecule has 0 bridgehead atoms. The number of allylic oxidation sites excluding steroid dienone is 2. The molecule has 0 aromatic carbocycles. The van der Waals surface area contributed by atoms with E-state index < -0.39 is 0 Å². The van der Waals surface area contributed by atoms with Gasteiger partial charge in [-0.05, 0) is 24.7 Å². The standard InChI is InChI=1S/C13H20O/c1-9(2)13-8-11(14)7-12(13,4)6-5-10(13)3/h5,9H,6-8H2,1-4H3/t12-,13+/m1/s1. The molecule has 0 spiro atoms. The first-order valence-electron chi connectivity index (χ1n) is 5.61. The molecular formula is C13H20O. The third kappa shape index (κ3) is 0.933. The lowest BCUT2D eigenvalue weighted by molar-refractivity contribution is -0.118. The van der Waals surface area contributed by atoms with E-state index in [1.807, 2.05) is 0 Å². The zero-order valence-electron chi connectivity index (χ0n) is 9.68. The lowest BCUT2D eigenvalue weighted by atomic mass is 9.60. The molecule has 0 N–H and O–H groups in total. The van der Waals surface area contributed by atoms with Crippen LogP contribution in [-0.4, -0.2) is 5.78 Å². The van der Waals surface area contributed by atoms with Gasteiger partial charge in [0.25, 0.3) is 0 Å². The molecule has 1 heteroatoms. The Morgan fingerprint density at radius 2 is 2.00 bits per heavy atom. The molecule has 78 valence electrons. The van der Waals surface area contributed by atoms with E-state index in [4.69, 9.17) is 0 Å². The normalized spacial score (nSPS) is 41.8. The molecule has 1 fully saturated rings. The summed E-state index contributed by atoms with van der Waals surface area (Å²) in [4.78, 5) is 11.7. The van der Waals surface area contributed by atoms with Gasteiger partial charge in [0.2, 0.25) is 0 Å². The van der Waals surface area contributed by atoms with Crippen molar-refractivity contribution in [2.45, 2.75) is 47.0 Å². The van der Waals surface area contributed by atoms with Crippen LogP contribution in [-0.2, 0) is 4.79 Å². The number of fused-ring (bicyclic) bond motifs is 1. The van der Waals surface area contributed by atoms with E-state index in [9.17, 15) is 4.79 Å². The van der Waals surface area contributed by atoms with Gasteiger partial charge in [-0.15, -0.1) is 0 Å². The van der Waals surface area contributed by atoms with E-state index in [2.05, 4.69) is 33.8 Å². The average Bonchev–Trinajstić information content (AvgIpc) is 2.45. The summed E-state index contributed by atoms with van der Waals surface area (Å²) in [6.45, 7) is 9.04. The molecule has 2 aliphatic carbocycles. The van der Waals surface area contributed by atoms with Gasteiger partial charge in [0.15, 0.2) is 0 Å². The molecule has 0 amide bonds. The molecule has 14 heavy (non-hydrogen) atoms. The Labute approximate surface area is 86.6 Å². The molecule has 2 aliphatic rings. The average molecular weight is 192 g/mol. The molecule has 2 atom stereocenters. The van der Waals surface area contributed by atoms with Crippen molar-refractivity contribution >= 4 is 5.78 Å². The fourth-order valence-electron chi connectivity index (χ4n) is 3.97. The molecular weight excluding hydrogens is 172 g/mol. The summed E-state index contributed by atoms with van der Waals surface area (Å²) >= 11 is 0. The van der Waals surface area contributed by atoms with Gasteiger partial charge in [-0.2, -0.15) is 0 Å². The van der Waals surface area contributed by atoms with Crippen molar-refractivity contribution in [2.75, 3.05) is 0 Å². The van der Waals surface area contributed by atoms with E-state index in [1.54, 1.807) is 0 Å². The van der Waals surface area contributed by atoms with Crippen LogP contribution < -0.4 is 0 Å². The first-order valence-corrected chi connectivity index (χ1v) is 5.61. The Kier molecular flexibility index (Phi) is 1.93. The van der Waals surface area contributed by atoms with Crippen LogP contribution in [0.3, 0.4) is 0 Å². The van der Waals surface area contributed by atoms with Crippen LogP contribution >= 0.6 is 0 Å². The van der Waals surface area contributed by atoms with Gasteiger partial charge in [0, 0.05) is 18.3 Å². The van der Waals surface area contributed by atoms with Crippen molar-refractivity contribution in [1.82, 2.24) is 0 Å². The van der Waals surface area contributed by atoms with E-state index in [1.165, 1.54) is 5.57 Å². The maximum Gasteiger partial charge on any atom is 0.134 e. The van der Waals surface area contributed by atoms with Gasteiger partial charge >= 0.3 is 0 Å². The predicted molar refractivity (Wildman–Crippen MR) is 58.0 cm³/mol. The molecule has 1 saturated carbocycles. The van der Waals surface area contributed by atoms with Gasteiger partial charge in [-0.1, -0.05) is 32.4 Å². The molecule has 0 unspecified atom stereocenters. The highest BCUT2D eigenvalue weighted by atomic mass is 16.1. The molecule has 0 aliphatic heterocycles. The second-order valence-electron chi connectivity index (χ2n) is 5.67. The lowest BCUT2D eigenvalue weighted by Gasteiger charge is -2.43. The van der Waals surface area contributed by atoms with Crippen LogP contribution in [0.4, 0.5) is 0 Å². The Balaban J connectivity index is 2.51. The maximum absolute atomic E-state index is 11.7. The fraction of sp³-hybridized carbons (Fsp3) is 0.769. The quantitative estimate of drug-likeness (QED) is 0.582. The van der Waals surface area contributed by atoms with Crippen LogP contribution in [0, 0.1) is 16.7 Å². The Morgan fingerprint density at radius 3 is 2.50 bits per heavy atom. The number of hydrogen-bond donors (Lipinski definition) is 0. The van der Waals surface area contributed by atoms with Crippen molar-refractivity contribution in [2.24, 2.45) is 16.7 Å². The van der Waals surface area contributed by atoms with E-state index in [-0.39, 0.29) is 10.8 Å². The Bertz CT molecular complexity index is 313. The number of Topliss-reactive ketones (excluding diaryl/α,β-unsaturated/α-hetero) is 1. The first-order chi connectivity index (χ1) is 6.42. The van der Waals surface area contributed by atoms with E-state index in [0.717, 1.165) is 19.3 Å². The molecule has 0 saturated heterocycles. The summed E-state index contributed by atoms with van der Waals surface area (Å²) in [6, 6.07) is 0. The van der Waals surface area contributed by atoms with Crippen molar-refractivity contribution in [3.8, 4) is 0 Å². The number of hydrogen-bond acceptors (Lipinski definition) is 1. The summed E-state index contributed by atoms with van der Waals surface area (Å²) < 4.78 is 0. The summed E-state index contributed by atoms with van der Waals surface area (Å²) in [7, 11) is 0. The predicted octanol–water partition coefficient (Wildman–Crippen LogP) is 3.35. The summed E-state index contributed by atoms with van der Waals surface area (Å²) in [5.41, 5.74) is 1.87. The largest absolute Gasteiger partial charge is 0.300 e. The monoisotopic (exact) mass is 192 g/mol. The van der Waals surface area contributed by atoms with Gasteiger partial charge in [-0.3, -0.25) is 4.79 Å². The minimum atomic E-state index is 0.185. The second-order valence-corrected chi connectivity index (χ2v) is 5.67. The van der Waals surface area contributed by atoms with E-state index in [0.29, 0.717) is 11.7 Å². The Morgan fingerprint density at radius 1 is 1.36 bits per heavy atom. The summed E-state index contributed by atoms with van der Waals surface area (Å²) in [5.74, 6) is 1.05. The third-order valence-corrected chi connectivity index (χ3v) is 4.69.